The van der Waals surface area contributed by atoms with Gasteiger partial charge in [0.15, 0.2) is 0 Å². The molecule has 130 valence electrons. The summed E-state index contributed by atoms with van der Waals surface area (Å²) in [5.74, 6) is -1.10. The maximum absolute atomic E-state index is 12.8. The third-order valence-corrected chi connectivity index (χ3v) is 4.68. The number of nitrogens with two attached hydrogens (primary N) is 1. The van der Waals surface area contributed by atoms with Crippen LogP contribution in [0.1, 0.15) is 46.0 Å². The number of likely N-dealkylation sites (tertiary alicyclic amines) is 2. The molecule has 2 aliphatic heterocycles. The van der Waals surface area contributed by atoms with Gasteiger partial charge in [-0.1, -0.05) is 13.8 Å². The van der Waals surface area contributed by atoms with E-state index < -0.39 is 24.1 Å². The molecule has 0 radical (unpaired) electrons. The molecule has 3 atom stereocenters. The van der Waals surface area contributed by atoms with Crippen molar-refractivity contribution in [3.8, 4) is 0 Å². The summed E-state index contributed by atoms with van der Waals surface area (Å²) in [7, 11) is 0. The number of rotatable bonds is 5. The Morgan fingerprint density at radius 3 is 2.22 bits per heavy atom. The van der Waals surface area contributed by atoms with E-state index >= 15 is 0 Å². The highest BCUT2D eigenvalue weighted by Crippen LogP contribution is 2.25. The number of carbonyl (C=O) groups excluding carboxylic acids is 2. The van der Waals surface area contributed by atoms with E-state index in [1.807, 2.05) is 13.8 Å². The van der Waals surface area contributed by atoms with Gasteiger partial charge < -0.3 is 20.6 Å². The van der Waals surface area contributed by atoms with E-state index in [2.05, 4.69) is 0 Å². The van der Waals surface area contributed by atoms with Gasteiger partial charge in [0.2, 0.25) is 11.8 Å². The Kier molecular flexibility index (Phi) is 5.62. The maximum Gasteiger partial charge on any atom is 0.326 e. The van der Waals surface area contributed by atoms with Crippen LogP contribution in [0.3, 0.4) is 0 Å². The first-order chi connectivity index (χ1) is 10.8. The minimum Gasteiger partial charge on any atom is -0.480 e. The molecule has 2 fully saturated rings. The fourth-order valence-corrected chi connectivity index (χ4v) is 3.59. The monoisotopic (exact) mass is 325 g/mol. The average Bonchev–Trinajstić information content (AvgIpc) is 3.13. The van der Waals surface area contributed by atoms with E-state index in [9.17, 15) is 19.5 Å². The molecular weight excluding hydrogens is 298 g/mol. The number of carboxylic acids is 1. The van der Waals surface area contributed by atoms with Gasteiger partial charge in [0, 0.05) is 13.1 Å². The van der Waals surface area contributed by atoms with Crippen LogP contribution < -0.4 is 5.73 Å². The zero-order valence-electron chi connectivity index (χ0n) is 13.9. The first-order valence-electron chi connectivity index (χ1n) is 8.42. The SMILES string of the molecule is CC(C)C[C@H](N)C(=O)N1CCC[C@@H]1C(=O)N1CCC[C@H]1C(=O)O. The summed E-state index contributed by atoms with van der Waals surface area (Å²) >= 11 is 0. The lowest BCUT2D eigenvalue weighted by Gasteiger charge is -2.31. The second kappa shape index (κ2) is 7.29. The molecule has 0 saturated carbocycles. The van der Waals surface area contributed by atoms with Gasteiger partial charge in [0.05, 0.1) is 6.04 Å². The number of carboxylic acid groups (broad SMARTS) is 1. The van der Waals surface area contributed by atoms with Gasteiger partial charge in [-0.05, 0) is 38.0 Å². The van der Waals surface area contributed by atoms with Crippen molar-refractivity contribution in [2.24, 2.45) is 11.7 Å². The molecule has 2 heterocycles. The lowest BCUT2D eigenvalue weighted by Crippen LogP contribution is -2.54. The van der Waals surface area contributed by atoms with E-state index in [4.69, 9.17) is 5.73 Å². The van der Waals surface area contributed by atoms with Gasteiger partial charge in [-0.15, -0.1) is 0 Å². The molecule has 0 aromatic heterocycles. The van der Waals surface area contributed by atoms with Gasteiger partial charge in [-0.3, -0.25) is 9.59 Å². The van der Waals surface area contributed by atoms with Crippen molar-refractivity contribution >= 4 is 17.8 Å². The minimum absolute atomic E-state index is 0.194. The smallest absolute Gasteiger partial charge is 0.326 e. The summed E-state index contributed by atoms with van der Waals surface area (Å²) < 4.78 is 0. The van der Waals surface area contributed by atoms with Crippen molar-refractivity contribution in [1.82, 2.24) is 9.80 Å². The zero-order chi connectivity index (χ0) is 17.1. The number of aliphatic carboxylic acids is 1. The van der Waals surface area contributed by atoms with E-state index in [-0.39, 0.29) is 11.8 Å². The second-order valence-electron chi connectivity index (χ2n) is 6.95. The molecule has 7 heteroatoms. The summed E-state index contributed by atoms with van der Waals surface area (Å²) in [5, 5.41) is 9.24. The highest BCUT2D eigenvalue weighted by molar-refractivity contribution is 5.92. The van der Waals surface area contributed by atoms with Crippen LogP contribution in [-0.2, 0) is 14.4 Å². The molecule has 2 saturated heterocycles. The predicted molar refractivity (Wildman–Crippen MR) is 84.5 cm³/mol. The van der Waals surface area contributed by atoms with Crippen molar-refractivity contribution in [2.75, 3.05) is 13.1 Å². The number of nitrogens with zero attached hydrogens (tertiary/aromatic N) is 2. The van der Waals surface area contributed by atoms with Crippen LogP contribution in [0, 0.1) is 5.92 Å². The standard InChI is InChI=1S/C16H27N3O4/c1-10(2)9-11(17)14(20)18-7-3-5-12(18)15(21)19-8-4-6-13(19)16(22)23/h10-13H,3-9,17H2,1-2H3,(H,22,23)/t11-,12+,13-/m0/s1. The Labute approximate surface area is 136 Å². The van der Waals surface area contributed by atoms with Gasteiger partial charge in [-0.25, -0.2) is 4.79 Å². The number of amides is 2. The van der Waals surface area contributed by atoms with E-state index in [0.717, 1.165) is 6.42 Å². The van der Waals surface area contributed by atoms with Crippen LogP contribution in [0.5, 0.6) is 0 Å². The predicted octanol–water partition coefficient (Wildman–Crippen LogP) is 0.426. The average molecular weight is 325 g/mol. The molecule has 2 amide bonds. The highest BCUT2D eigenvalue weighted by Gasteiger charge is 2.42. The third-order valence-electron chi connectivity index (χ3n) is 4.68. The van der Waals surface area contributed by atoms with Gasteiger partial charge in [-0.2, -0.15) is 0 Å². The van der Waals surface area contributed by atoms with Crippen molar-refractivity contribution in [2.45, 2.75) is 64.1 Å². The van der Waals surface area contributed by atoms with Gasteiger partial charge >= 0.3 is 5.97 Å². The highest BCUT2D eigenvalue weighted by atomic mass is 16.4. The molecule has 3 N–H and O–H groups in total. The molecule has 0 aromatic carbocycles. The van der Waals surface area contributed by atoms with Crippen molar-refractivity contribution in [3.63, 3.8) is 0 Å². The molecule has 0 bridgehead atoms. The lowest BCUT2D eigenvalue weighted by atomic mass is 10.0. The topological polar surface area (TPSA) is 104 Å². The van der Waals surface area contributed by atoms with Crippen LogP contribution in [0.25, 0.3) is 0 Å². The molecule has 2 rings (SSSR count). The molecular formula is C16H27N3O4. The molecule has 0 spiro atoms. The first kappa shape index (κ1) is 17.7. The Bertz CT molecular complexity index is 480. The molecule has 23 heavy (non-hydrogen) atoms. The fourth-order valence-electron chi connectivity index (χ4n) is 3.59. The second-order valence-corrected chi connectivity index (χ2v) is 6.95. The van der Waals surface area contributed by atoms with Crippen LogP contribution in [0.15, 0.2) is 0 Å². The summed E-state index contributed by atoms with van der Waals surface area (Å²) in [6, 6.07) is -1.91. The van der Waals surface area contributed by atoms with Crippen LogP contribution >= 0.6 is 0 Å². The van der Waals surface area contributed by atoms with Crippen LogP contribution in [-0.4, -0.2) is 63.9 Å². The van der Waals surface area contributed by atoms with Crippen molar-refractivity contribution in [1.29, 1.82) is 0 Å². The summed E-state index contributed by atoms with van der Waals surface area (Å²) in [6.07, 6.45) is 3.09. The molecule has 0 unspecified atom stereocenters. The number of hydrogen-bond donors (Lipinski definition) is 2. The van der Waals surface area contributed by atoms with Crippen molar-refractivity contribution in [3.05, 3.63) is 0 Å². The molecule has 0 aromatic rings. The molecule has 7 nitrogen and oxygen atoms in total. The summed E-state index contributed by atoms with van der Waals surface area (Å²) in [6.45, 7) is 4.97. The largest absolute Gasteiger partial charge is 0.480 e. The minimum atomic E-state index is -0.969. The Balaban J connectivity index is 2.07. The molecule has 2 aliphatic rings. The normalized spacial score (nSPS) is 25.9. The van der Waals surface area contributed by atoms with Crippen LogP contribution in [0.2, 0.25) is 0 Å². The molecule has 0 aliphatic carbocycles. The quantitative estimate of drug-likeness (QED) is 0.762. The summed E-state index contributed by atoms with van der Waals surface area (Å²) in [5.41, 5.74) is 5.98. The van der Waals surface area contributed by atoms with Crippen molar-refractivity contribution < 1.29 is 19.5 Å². The van der Waals surface area contributed by atoms with Crippen LogP contribution in [0.4, 0.5) is 0 Å². The van der Waals surface area contributed by atoms with E-state index in [1.165, 1.54) is 4.90 Å². The zero-order valence-corrected chi connectivity index (χ0v) is 13.9. The van der Waals surface area contributed by atoms with E-state index in [0.29, 0.717) is 44.7 Å². The van der Waals surface area contributed by atoms with Gasteiger partial charge in [0.25, 0.3) is 0 Å². The lowest BCUT2D eigenvalue weighted by molar-refractivity contribution is -0.152. The van der Waals surface area contributed by atoms with E-state index in [1.54, 1.807) is 4.90 Å². The Morgan fingerprint density at radius 1 is 1.09 bits per heavy atom. The third kappa shape index (κ3) is 3.83. The maximum atomic E-state index is 12.8. The summed E-state index contributed by atoms with van der Waals surface area (Å²) in [4.78, 5) is 39.6. The Morgan fingerprint density at radius 2 is 1.65 bits per heavy atom. The first-order valence-corrected chi connectivity index (χ1v) is 8.42. The number of hydrogen-bond acceptors (Lipinski definition) is 4. The number of carbonyl (C=O) groups is 3. The van der Waals surface area contributed by atoms with Gasteiger partial charge in [0.1, 0.15) is 12.1 Å². The fraction of sp³-hybridized carbons (Fsp3) is 0.812. The Hall–Kier alpha value is -1.63.